The first kappa shape index (κ1) is 22.4. The molecule has 1 aliphatic carbocycles. The van der Waals surface area contributed by atoms with Crippen LogP contribution in [-0.2, 0) is 17.6 Å². The number of benzene rings is 2. The molecule has 0 heterocycles. The van der Waals surface area contributed by atoms with E-state index in [1.165, 1.54) is 56.1 Å². The van der Waals surface area contributed by atoms with Crippen molar-refractivity contribution in [1.29, 1.82) is 0 Å². The van der Waals surface area contributed by atoms with Gasteiger partial charge in [-0.15, -0.1) is 0 Å². The largest absolute Gasteiger partial charge is 0.385 e. The Morgan fingerprint density at radius 1 is 0.867 bits per heavy atom. The molecule has 3 rings (SSSR count). The highest BCUT2D eigenvalue weighted by molar-refractivity contribution is 6.24. The Hall–Kier alpha value is -2.33. The van der Waals surface area contributed by atoms with Crippen LogP contribution in [-0.4, -0.2) is 11.7 Å². The van der Waals surface area contributed by atoms with E-state index in [-0.39, 0.29) is 11.7 Å². The molecular formula is C25H32ClN3O. The first-order valence-electron chi connectivity index (χ1n) is 11.0. The number of amidine groups is 1. The van der Waals surface area contributed by atoms with Gasteiger partial charge in [0, 0.05) is 17.5 Å². The molecule has 1 amide bonds. The standard InChI is InChI=1S/C25H32ClN3O/c26-29-23(27)25(18-19-25)24(30)28-22-16-14-21(15-17-22)13-7-4-2-1-3-6-10-20-11-8-5-9-12-20/h5,8-9,11-12,14-17H,1-4,6-7,10,13,18-19H2,(H2,27,29)(H,28,30). The highest BCUT2D eigenvalue weighted by Gasteiger charge is 2.53. The molecule has 0 atom stereocenters. The predicted octanol–water partition coefficient (Wildman–Crippen LogP) is 6.04. The third-order valence-electron chi connectivity index (χ3n) is 6.00. The molecule has 0 radical (unpaired) electrons. The number of carbonyl (C=O) groups is 1. The van der Waals surface area contributed by atoms with Gasteiger partial charge < -0.3 is 11.1 Å². The van der Waals surface area contributed by atoms with Gasteiger partial charge in [0.2, 0.25) is 5.91 Å². The molecule has 5 heteroatoms. The summed E-state index contributed by atoms with van der Waals surface area (Å²) in [6.45, 7) is 0. The van der Waals surface area contributed by atoms with Crippen molar-refractivity contribution in [3.05, 3.63) is 65.7 Å². The predicted molar refractivity (Wildman–Crippen MR) is 126 cm³/mol. The smallest absolute Gasteiger partial charge is 0.238 e. The molecule has 0 bridgehead atoms. The van der Waals surface area contributed by atoms with Gasteiger partial charge in [-0.25, -0.2) is 0 Å². The van der Waals surface area contributed by atoms with Gasteiger partial charge in [0.05, 0.1) is 0 Å². The lowest BCUT2D eigenvalue weighted by Crippen LogP contribution is -2.36. The van der Waals surface area contributed by atoms with Crippen molar-refractivity contribution < 1.29 is 4.79 Å². The molecule has 2 aromatic carbocycles. The average molecular weight is 426 g/mol. The molecule has 30 heavy (non-hydrogen) atoms. The van der Waals surface area contributed by atoms with E-state index in [1.54, 1.807) is 0 Å². The molecule has 0 unspecified atom stereocenters. The number of rotatable bonds is 12. The fraction of sp³-hybridized carbons (Fsp3) is 0.440. The lowest BCUT2D eigenvalue weighted by molar-refractivity contribution is -0.119. The Bertz CT molecular complexity index is 829. The number of amides is 1. The molecule has 0 aliphatic heterocycles. The molecule has 0 aromatic heterocycles. The van der Waals surface area contributed by atoms with E-state index in [1.807, 2.05) is 12.1 Å². The first-order chi connectivity index (χ1) is 14.6. The Morgan fingerprint density at radius 3 is 1.93 bits per heavy atom. The maximum Gasteiger partial charge on any atom is 0.238 e. The summed E-state index contributed by atoms with van der Waals surface area (Å²) < 4.78 is 3.48. The molecule has 0 saturated heterocycles. The molecular weight excluding hydrogens is 394 g/mol. The van der Waals surface area contributed by atoms with E-state index < -0.39 is 5.41 Å². The number of hydrogen-bond donors (Lipinski definition) is 2. The van der Waals surface area contributed by atoms with Crippen LogP contribution in [0, 0.1) is 5.41 Å². The Labute approximate surface area is 185 Å². The van der Waals surface area contributed by atoms with Gasteiger partial charge in [-0.3, -0.25) is 4.79 Å². The van der Waals surface area contributed by atoms with E-state index in [0.717, 1.165) is 12.1 Å². The zero-order chi connectivity index (χ0) is 21.2. The lowest BCUT2D eigenvalue weighted by atomic mass is 10.0. The van der Waals surface area contributed by atoms with Gasteiger partial charge in [0.25, 0.3) is 0 Å². The monoisotopic (exact) mass is 425 g/mol. The molecule has 1 saturated carbocycles. The normalized spacial score (nSPS) is 15.0. The van der Waals surface area contributed by atoms with Crippen LogP contribution in [0.2, 0.25) is 0 Å². The summed E-state index contributed by atoms with van der Waals surface area (Å²) in [5, 5.41) is 2.94. The second-order valence-electron chi connectivity index (χ2n) is 8.31. The van der Waals surface area contributed by atoms with Crippen LogP contribution >= 0.6 is 11.8 Å². The Kier molecular flexibility index (Phi) is 8.32. The summed E-state index contributed by atoms with van der Waals surface area (Å²) in [7, 11) is 0. The zero-order valence-corrected chi connectivity index (χ0v) is 18.3. The highest BCUT2D eigenvalue weighted by Crippen LogP contribution is 2.47. The van der Waals surface area contributed by atoms with Gasteiger partial charge >= 0.3 is 0 Å². The summed E-state index contributed by atoms with van der Waals surface area (Å²) in [6.07, 6.45) is 11.3. The fourth-order valence-corrected chi connectivity index (χ4v) is 3.98. The van der Waals surface area contributed by atoms with Crippen LogP contribution in [0.4, 0.5) is 5.69 Å². The van der Waals surface area contributed by atoms with E-state index in [2.05, 4.69) is 52.3 Å². The molecule has 4 nitrogen and oxygen atoms in total. The third kappa shape index (κ3) is 6.33. The maximum absolute atomic E-state index is 12.5. The van der Waals surface area contributed by atoms with Crippen molar-refractivity contribution in [2.75, 3.05) is 5.32 Å². The van der Waals surface area contributed by atoms with Crippen LogP contribution in [0.25, 0.3) is 0 Å². The second kappa shape index (κ2) is 11.2. The number of nitrogens with zero attached hydrogens (tertiary/aromatic N) is 1. The minimum absolute atomic E-state index is 0.121. The number of anilines is 1. The van der Waals surface area contributed by atoms with Crippen LogP contribution in [0.1, 0.15) is 62.5 Å². The minimum atomic E-state index is -0.707. The number of nitrogens with one attached hydrogen (secondary N) is 1. The third-order valence-corrected chi connectivity index (χ3v) is 6.18. The van der Waals surface area contributed by atoms with Crippen molar-refractivity contribution in [2.45, 2.75) is 64.2 Å². The number of hydrogen-bond acceptors (Lipinski definition) is 2. The van der Waals surface area contributed by atoms with Crippen molar-refractivity contribution in [3.8, 4) is 0 Å². The summed E-state index contributed by atoms with van der Waals surface area (Å²) in [5.74, 6) is 0.0859. The number of aryl methyl sites for hydroxylation is 2. The maximum atomic E-state index is 12.5. The molecule has 3 N–H and O–H groups in total. The zero-order valence-electron chi connectivity index (χ0n) is 17.6. The van der Waals surface area contributed by atoms with Crippen LogP contribution < -0.4 is 11.1 Å². The summed E-state index contributed by atoms with van der Waals surface area (Å²) in [5.41, 5.74) is 8.61. The van der Waals surface area contributed by atoms with E-state index in [0.29, 0.717) is 12.8 Å². The van der Waals surface area contributed by atoms with Crippen LogP contribution in [0.5, 0.6) is 0 Å². The Balaban J connectivity index is 1.28. The van der Waals surface area contributed by atoms with E-state index >= 15 is 0 Å². The molecule has 1 fully saturated rings. The minimum Gasteiger partial charge on any atom is -0.385 e. The quantitative estimate of drug-likeness (QED) is 0.247. The van der Waals surface area contributed by atoms with E-state index in [4.69, 9.17) is 17.5 Å². The van der Waals surface area contributed by atoms with Crippen molar-refractivity contribution in [2.24, 2.45) is 15.7 Å². The van der Waals surface area contributed by atoms with Gasteiger partial charge in [-0.1, -0.05) is 68.1 Å². The number of halogens is 1. The number of nitrogens with two attached hydrogens (primary N) is 1. The van der Waals surface area contributed by atoms with Crippen LogP contribution in [0.15, 0.2) is 59.1 Å². The van der Waals surface area contributed by atoms with Crippen molar-refractivity contribution in [3.63, 3.8) is 0 Å². The topological polar surface area (TPSA) is 67.5 Å². The number of unbranched alkanes of at least 4 members (excludes halogenated alkanes) is 5. The SMILES string of the molecule is N/C(=N\Cl)C1(C(=O)Nc2ccc(CCCCCCCCc3ccccc3)cc2)CC1. The van der Waals surface area contributed by atoms with Gasteiger partial charge in [-0.05, 0) is 61.8 Å². The van der Waals surface area contributed by atoms with Crippen molar-refractivity contribution >= 4 is 29.2 Å². The molecule has 160 valence electrons. The fourth-order valence-electron chi connectivity index (χ4n) is 3.82. The van der Waals surface area contributed by atoms with Crippen molar-refractivity contribution in [1.82, 2.24) is 0 Å². The van der Waals surface area contributed by atoms with E-state index in [9.17, 15) is 4.79 Å². The summed E-state index contributed by atoms with van der Waals surface area (Å²) in [4.78, 5) is 12.5. The first-order valence-corrected chi connectivity index (χ1v) is 11.4. The summed E-state index contributed by atoms with van der Waals surface area (Å²) >= 11 is 5.45. The molecule has 1 aliphatic rings. The average Bonchev–Trinajstić information content (AvgIpc) is 3.59. The second-order valence-corrected chi connectivity index (χ2v) is 8.48. The van der Waals surface area contributed by atoms with Crippen LogP contribution in [0.3, 0.4) is 0 Å². The molecule has 2 aromatic rings. The van der Waals surface area contributed by atoms with Gasteiger partial charge in [-0.2, -0.15) is 4.51 Å². The Morgan fingerprint density at radius 2 is 1.40 bits per heavy atom. The molecule has 0 spiro atoms. The van der Waals surface area contributed by atoms with Gasteiger partial charge in [0.15, 0.2) is 0 Å². The highest BCUT2D eigenvalue weighted by atomic mass is 35.5. The summed E-state index contributed by atoms with van der Waals surface area (Å²) in [6, 6.07) is 18.8. The number of carbonyl (C=O) groups excluding carboxylic acids is 1. The lowest BCUT2D eigenvalue weighted by Gasteiger charge is -2.14. The van der Waals surface area contributed by atoms with Gasteiger partial charge in [0.1, 0.15) is 11.3 Å².